The van der Waals surface area contributed by atoms with Gasteiger partial charge in [0, 0.05) is 6.07 Å². The maximum Gasteiger partial charge on any atom is 0.220 e. The van der Waals surface area contributed by atoms with Gasteiger partial charge in [0.2, 0.25) is 5.69 Å². The van der Waals surface area contributed by atoms with Crippen molar-refractivity contribution in [3.05, 3.63) is 89.6 Å². The van der Waals surface area contributed by atoms with E-state index in [1.54, 1.807) is 0 Å². The molecular weight excluding hydrogens is 414 g/mol. The average Bonchev–Trinajstić information content (AvgIpc) is 2.80. The first-order valence-electron chi connectivity index (χ1n) is 12.7. The van der Waals surface area contributed by atoms with E-state index in [9.17, 15) is 0 Å². The van der Waals surface area contributed by atoms with Gasteiger partial charge in [0.15, 0.2) is 6.17 Å². The van der Waals surface area contributed by atoms with Crippen LogP contribution in [-0.4, -0.2) is 8.07 Å². The highest BCUT2D eigenvalue weighted by Crippen LogP contribution is 2.35. The second kappa shape index (κ2) is 8.91. The van der Waals surface area contributed by atoms with E-state index in [2.05, 4.69) is 113 Å². The molecule has 0 spiro atoms. The second-order valence-corrected chi connectivity index (χ2v) is 15.0. The van der Waals surface area contributed by atoms with Gasteiger partial charge in [-0.3, -0.25) is 0 Å². The quantitative estimate of drug-likeness (QED) is 0.233. The normalized spacial score (nSPS) is 12.6. The molecule has 1 heterocycles. The Labute approximate surface area is 202 Å². The third-order valence-corrected chi connectivity index (χ3v) is 10.8. The van der Waals surface area contributed by atoms with Gasteiger partial charge in [-0.25, -0.2) is 4.57 Å². The van der Waals surface area contributed by atoms with E-state index in [0.717, 1.165) is 11.1 Å². The molecule has 0 aliphatic carbocycles. The van der Waals surface area contributed by atoms with Gasteiger partial charge in [-0.1, -0.05) is 99.7 Å². The minimum absolute atomic E-state index is 0.455. The minimum Gasteiger partial charge on any atom is -0.200 e. The number of aromatic nitrogens is 1. The average molecular weight is 454 g/mol. The van der Waals surface area contributed by atoms with Crippen LogP contribution in [0.5, 0.6) is 0 Å². The molecule has 1 aromatic heterocycles. The van der Waals surface area contributed by atoms with Gasteiger partial charge in [0.25, 0.3) is 0 Å². The molecule has 0 aliphatic heterocycles. The van der Waals surface area contributed by atoms with Crippen molar-refractivity contribution in [3.8, 4) is 11.3 Å². The van der Waals surface area contributed by atoms with Gasteiger partial charge in [0.1, 0.15) is 16.5 Å². The Morgan fingerprint density at radius 3 is 2.15 bits per heavy atom. The maximum atomic E-state index is 8.80. The minimum atomic E-state index is -1.83. The molecule has 0 aliphatic rings. The molecule has 0 N–H and O–H groups in total. The number of benzene rings is 3. The smallest absolute Gasteiger partial charge is 0.200 e. The second-order valence-electron chi connectivity index (χ2n) is 10.6. The summed E-state index contributed by atoms with van der Waals surface area (Å²) in [6.45, 7) is 16.2. The molecule has 0 fully saturated rings. The molecular formula is C31H38NSi+. The van der Waals surface area contributed by atoms with Crippen LogP contribution in [0, 0.1) is 6.92 Å². The van der Waals surface area contributed by atoms with Crippen molar-refractivity contribution in [2.24, 2.45) is 7.05 Å². The van der Waals surface area contributed by atoms with Crippen LogP contribution in [0.1, 0.15) is 57.6 Å². The van der Waals surface area contributed by atoms with E-state index in [0.29, 0.717) is 18.0 Å². The lowest BCUT2D eigenvalue weighted by atomic mass is 9.86. The number of hydrogen-bond donors (Lipinski definition) is 0. The number of hydrogen-bond acceptors (Lipinski definition) is 0. The standard InChI is InChI=1S/C31H38NSi/c1-21(2)25-19-29(22(3)4)23(5)30(20-25)31-28-15-14-27(18-24(28)16-17-32(31)6)33(7,8)26-12-10-9-11-13-26/h9-22H,1-8H3/q+1/i17D. The SMILES string of the molecule is [2H]c1cc2cc([Si](C)(C)c3ccccc3)ccc2c(-c2cc(C(C)C)cc(C(C)C)c2C)[n+]1C. The van der Waals surface area contributed by atoms with Gasteiger partial charge >= 0.3 is 0 Å². The summed E-state index contributed by atoms with van der Waals surface area (Å²) in [4.78, 5) is 0. The molecule has 3 aromatic carbocycles. The van der Waals surface area contributed by atoms with Crippen molar-refractivity contribution < 1.29 is 5.94 Å². The van der Waals surface area contributed by atoms with Crippen molar-refractivity contribution in [2.75, 3.05) is 0 Å². The molecule has 0 amide bonds. The van der Waals surface area contributed by atoms with Gasteiger partial charge in [-0.15, -0.1) is 0 Å². The number of rotatable bonds is 5. The van der Waals surface area contributed by atoms with Crippen LogP contribution >= 0.6 is 0 Å². The van der Waals surface area contributed by atoms with Crippen LogP contribution in [0.2, 0.25) is 13.1 Å². The lowest BCUT2D eigenvalue weighted by Crippen LogP contribution is -2.52. The fourth-order valence-electron chi connectivity index (χ4n) is 4.98. The molecule has 0 unspecified atom stereocenters. The summed E-state index contributed by atoms with van der Waals surface area (Å²) in [6, 6.07) is 24.6. The molecule has 0 radical (unpaired) electrons. The van der Waals surface area contributed by atoms with E-state index in [1.807, 2.05) is 13.1 Å². The molecule has 0 bridgehead atoms. The summed E-state index contributed by atoms with van der Waals surface area (Å²) in [5.74, 6) is 0.911. The largest absolute Gasteiger partial charge is 0.220 e. The molecule has 0 saturated heterocycles. The van der Waals surface area contributed by atoms with Crippen LogP contribution < -0.4 is 14.9 Å². The monoisotopic (exact) mass is 453 g/mol. The lowest BCUT2D eigenvalue weighted by molar-refractivity contribution is -0.659. The Hall–Kier alpha value is -2.71. The van der Waals surface area contributed by atoms with Crippen LogP contribution in [0.15, 0.2) is 72.9 Å². The molecule has 4 aromatic rings. The van der Waals surface area contributed by atoms with E-state index in [1.165, 1.54) is 38.0 Å². The lowest BCUT2D eigenvalue weighted by Gasteiger charge is -2.24. The fourth-order valence-corrected chi connectivity index (χ4v) is 7.36. The van der Waals surface area contributed by atoms with E-state index >= 15 is 0 Å². The van der Waals surface area contributed by atoms with Crippen molar-refractivity contribution in [1.82, 2.24) is 0 Å². The first-order chi connectivity index (χ1) is 16.0. The van der Waals surface area contributed by atoms with Crippen molar-refractivity contribution in [3.63, 3.8) is 0 Å². The first kappa shape index (κ1) is 22.1. The molecule has 0 atom stereocenters. The highest BCUT2D eigenvalue weighted by atomic mass is 28.3. The Bertz CT molecular complexity index is 1350. The molecule has 170 valence electrons. The third-order valence-electron chi connectivity index (χ3n) is 7.29. The summed E-state index contributed by atoms with van der Waals surface area (Å²) in [5, 5.41) is 5.22. The van der Waals surface area contributed by atoms with Gasteiger partial charge in [0.05, 0.1) is 10.9 Å². The van der Waals surface area contributed by atoms with E-state index < -0.39 is 8.07 Å². The summed E-state index contributed by atoms with van der Waals surface area (Å²) in [6.07, 6.45) is 0.541. The number of pyridine rings is 1. The van der Waals surface area contributed by atoms with Crippen LogP contribution in [0.4, 0.5) is 0 Å². The van der Waals surface area contributed by atoms with Crippen molar-refractivity contribution >= 4 is 29.2 Å². The van der Waals surface area contributed by atoms with E-state index in [-0.39, 0.29) is 0 Å². The summed E-state index contributed by atoms with van der Waals surface area (Å²) in [7, 11) is 0.205. The zero-order valence-corrected chi connectivity index (χ0v) is 22.5. The van der Waals surface area contributed by atoms with Gasteiger partial charge in [-0.05, 0) is 53.0 Å². The number of nitrogens with zero attached hydrogens (tertiary/aromatic N) is 1. The Morgan fingerprint density at radius 2 is 1.52 bits per heavy atom. The predicted octanol–water partition coefficient (Wildman–Crippen LogP) is 6.71. The Balaban J connectivity index is 2.00. The molecule has 2 heteroatoms. The molecule has 4 rings (SSSR count). The first-order valence-corrected chi connectivity index (χ1v) is 15.2. The van der Waals surface area contributed by atoms with Gasteiger partial charge < -0.3 is 0 Å². The zero-order valence-electron chi connectivity index (χ0n) is 22.5. The molecule has 1 nitrogen and oxygen atoms in total. The van der Waals surface area contributed by atoms with Crippen LogP contribution in [0.3, 0.4) is 0 Å². The van der Waals surface area contributed by atoms with Crippen LogP contribution in [0.25, 0.3) is 22.0 Å². The highest BCUT2D eigenvalue weighted by Gasteiger charge is 2.27. The van der Waals surface area contributed by atoms with Gasteiger partial charge in [-0.2, -0.15) is 0 Å². The summed E-state index contributed by atoms with van der Waals surface area (Å²) < 4.78 is 10.9. The van der Waals surface area contributed by atoms with E-state index in [4.69, 9.17) is 1.37 Å². The maximum absolute atomic E-state index is 8.80. The molecule has 33 heavy (non-hydrogen) atoms. The Kier molecular flexibility index (Phi) is 5.97. The van der Waals surface area contributed by atoms with Crippen molar-refractivity contribution in [1.29, 1.82) is 0 Å². The topological polar surface area (TPSA) is 3.88 Å². The summed E-state index contributed by atoms with van der Waals surface area (Å²) in [5.41, 5.74) is 6.49. The zero-order chi connectivity index (χ0) is 24.8. The summed E-state index contributed by atoms with van der Waals surface area (Å²) >= 11 is 0. The van der Waals surface area contributed by atoms with Crippen molar-refractivity contribution in [2.45, 2.75) is 59.5 Å². The Morgan fingerprint density at radius 1 is 0.818 bits per heavy atom. The highest BCUT2D eigenvalue weighted by molar-refractivity contribution is 7.00. The fraction of sp³-hybridized carbons (Fsp3) is 0.323. The predicted molar refractivity (Wildman–Crippen MR) is 147 cm³/mol. The van der Waals surface area contributed by atoms with Crippen LogP contribution in [-0.2, 0) is 7.05 Å². The molecule has 0 saturated carbocycles. The number of fused-ring (bicyclic) bond motifs is 1. The third kappa shape index (κ3) is 4.29.